The fraction of sp³-hybridized carbons (Fsp3) is 0.250. The summed E-state index contributed by atoms with van der Waals surface area (Å²) in [5.41, 5.74) is -0.718. The van der Waals surface area contributed by atoms with Crippen LogP contribution in [0.5, 0.6) is 0 Å². The average molecular weight is 359 g/mol. The minimum absolute atomic E-state index is 0.00767. The summed E-state index contributed by atoms with van der Waals surface area (Å²) < 4.78 is 51.2. The lowest BCUT2D eigenvalue weighted by atomic mass is 10.1. The van der Waals surface area contributed by atoms with Crippen molar-refractivity contribution in [1.29, 1.82) is 0 Å². The quantitative estimate of drug-likeness (QED) is 0.836. The molecule has 8 heteroatoms. The maximum absolute atomic E-state index is 13.8. The van der Waals surface area contributed by atoms with Crippen LogP contribution in [0.25, 0.3) is 0 Å². The van der Waals surface area contributed by atoms with Crippen molar-refractivity contribution < 1.29 is 22.4 Å². The van der Waals surface area contributed by atoms with E-state index in [9.17, 15) is 22.4 Å². The zero-order valence-electron chi connectivity index (χ0n) is 12.1. The number of nitrogens with one attached hydrogen (secondary N) is 1. The first kappa shape index (κ1) is 16.7. The highest BCUT2D eigenvalue weighted by Crippen LogP contribution is 2.45. The van der Waals surface area contributed by atoms with E-state index in [4.69, 9.17) is 11.6 Å². The van der Waals surface area contributed by atoms with Crippen molar-refractivity contribution in [3.05, 3.63) is 64.2 Å². The van der Waals surface area contributed by atoms with Crippen molar-refractivity contribution >= 4 is 17.5 Å². The summed E-state index contributed by atoms with van der Waals surface area (Å²) >= 11 is 5.97. The van der Waals surface area contributed by atoms with Crippen LogP contribution in [0.1, 0.15) is 34.0 Å². The van der Waals surface area contributed by atoms with E-state index >= 15 is 0 Å². The lowest BCUT2D eigenvalue weighted by Crippen LogP contribution is -2.27. The molecule has 0 spiro atoms. The minimum atomic E-state index is -4.56. The maximum Gasteiger partial charge on any atom is 0.433 e. The van der Waals surface area contributed by atoms with E-state index in [-0.39, 0.29) is 22.5 Å². The molecule has 0 radical (unpaired) electrons. The van der Waals surface area contributed by atoms with Gasteiger partial charge in [0.2, 0.25) is 0 Å². The van der Waals surface area contributed by atoms with Crippen molar-refractivity contribution in [2.75, 3.05) is 0 Å². The molecule has 126 valence electrons. The van der Waals surface area contributed by atoms with Gasteiger partial charge in [0.25, 0.3) is 5.91 Å². The SMILES string of the molecule is O=C(N[C@@H]1C[C@H]1c1c(F)cccc1Cl)c1ccc(C(F)(F)F)nc1. The van der Waals surface area contributed by atoms with Crippen molar-refractivity contribution in [3.63, 3.8) is 0 Å². The van der Waals surface area contributed by atoms with Gasteiger partial charge in [-0.1, -0.05) is 17.7 Å². The number of pyridine rings is 1. The molecule has 1 aromatic heterocycles. The second-order valence-corrected chi connectivity index (χ2v) is 5.89. The van der Waals surface area contributed by atoms with E-state index in [1.807, 2.05) is 0 Å². The third-order valence-electron chi connectivity index (χ3n) is 3.79. The summed E-state index contributed by atoms with van der Waals surface area (Å²) in [4.78, 5) is 15.3. The summed E-state index contributed by atoms with van der Waals surface area (Å²) in [7, 11) is 0. The van der Waals surface area contributed by atoms with Gasteiger partial charge in [-0.15, -0.1) is 0 Å². The lowest BCUT2D eigenvalue weighted by Gasteiger charge is -2.08. The van der Waals surface area contributed by atoms with Gasteiger partial charge in [-0.2, -0.15) is 13.2 Å². The van der Waals surface area contributed by atoms with Crippen LogP contribution >= 0.6 is 11.6 Å². The van der Waals surface area contributed by atoms with Crippen LogP contribution < -0.4 is 5.32 Å². The van der Waals surface area contributed by atoms with Gasteiger partial charge in [-0.3, -0.25) is 9.78 Å². The van der Waals surface area contributed by atoms with Crippen molar-refractivity contribution in [1.82, 2.24) is 10.3 Å². The van der Waals surface area contributed by atoms with Crippen LogP contribution in [-0.4, -0.2) is 16.9 Å². The zero-order valence-corrected chi connectivity index (χ0v) is 12.8. The molecule has 0 bridgehead atoms. The standard InChI is InChI=1S/C16H11ClF4N2O/c17-10-2-1-3-11(18)14(10)9-6-12(9)23-15(24)8-4-5-13(22-7-8)16(19,20)21/h1-5,7,9,12H,6H2,(H,23,24)/t9-,12-/m1/s1. The largest absolute Gasteiger partial charge is 0.433 e. The van der Waals surface area contributed by atoms with Gasteiger partial charge < -0.3 is 5.32 Å². The van der Waals surface area contributed by atoms with E-state index in [0.29, 0.717) is 12.0 Å². The molecule has 1 heterocycles. The Morgan fingerprint density at radius 3 is 2.58 bits per heavy atom. The van der Waals surface area contributed by atoms with Gasteiger partial charge in [-0.05, 0) is 30.7 Å². The Kier molecular flexibility index (Phi) is 4.21. The number of benzene rings is 1. The first-order valence-corrected chi connectivity index (χ1v) is 7.43. The zero-order chi connectivity index (χ0) is 17.5. The topological polar surface area (TPSA) is 42.0 Å². The summed E-state index contributed by atoms with van der Waals surface area (Å²) in [5, 5.41) is 2.93. The number of hydrogen-bond acceptors (Lipinski definition) is 2. The predicted molar refractivity (Wildman–Crippen MR) is 79.3 cm³/mol. The van der Waals surface area contributed by atoms with Crippen LogP contribution in [0.4, 0.5) is 17.6 Å². The minimum Gasteiger partial charge on any atom is -0.349 e. The number of carbonyl (C=O) groups is 1. The van der Waals surface area contributed by atoms with E-state index in [2.05, 4.69) is 10.3 Å². The van der Waals surface area contributed by atoms with Crippen molar-refractivity contribution in [2.45, 2.75) is 24.6 Å². The molecular formula is C16H11ClF4N2O. The first-order chi connectivity index (χ1) is 11.3. The monoisotopic (exact) mass is 358 g/mol. The van der Waals surface area contributed by atoms with Gasteiger partial charge >= 0.3 is 6.18 Å². The van der Waals surface area contributed by atoms with E-state index in [1.165, 1.54) is 12.1 Å². The average Bonchev–Trinajstić information content (AvgIpc) is 3.25. The Labute approximate surface area is 139 Å². The van der Waals surface area contributed by atoms with Gasteiger partial charge in [0.1, 0.15) is 11.5 Å². The summed E-state index contributed by atoms with van der Waals surface area (Å²) in [6, 6.07) is 5.83. The molecule has 3 rings (SSSR count). The molecule has 1 amide bonds. The Hall–Kier alpha value is -2.15. The number of nitrogens with zero attached hydrogens (tertiary/aromatic N) is 1. The lowest BCUT2D eigenvalue weighted by molar-refractivity contribution is -0.141. The molecule has 0 saturated heterocycles. The fourth-order valence-corrected chi connectivity index (χ4v) is 2.79. The van der Waals surface area contributed by atoms with Crippen LogP contribution in [0, 0.1) is 5.82 Å². The number of alkyl halides is 3. The highest BCUT2D eigenvalue weighted by atomic mass is 35.5. The molecule has 0 aliphatic heterocycles. The number of amides is 1. The Bertz CT molecular complexity index is 756. The predicted octanol–water partition coefficient (Wildman–Crippen LogP) is 4.18. The van der Waals surface area contributed by atoms with Crippen LogP contribution in [0.15, 0.2) is 36.5 Å². The highest BCUT2D eigenvalue weighted by molar-refractivity contribution is 6.31. The molecular weight excluding hydrogens is 348 g/mol. The maximum atomic E-state index is 13.8. The molecule has 3 nitrogen and oxygen atoms in total. The summed E-state index contributed by atoms with van der Waals surface area (Å²) in [6.45, 7) is 0. The van der Waals surface area contributed by atoms with E-state index < -0.39 is 23.6 Å². The van der Waals surface area contributed by atoms with Gasteiger partial charge in [-0.25, -0.2) is 4.39 Å². The second kappa shape index (κ2) is 6.05. The molecule has 1 saturated carbocycles. The molecule has 1 aromatic carbocycles. The third-order valence-corrected chi connectivity index (χ3v) is 4.12. The molecule has 2 atom stereocenters. The Morgan fingerprint density at radius 2 is 2.00 bits per heavy atom. The van der Waals surface area contributed by atoms with Crippen molar-refractivity contribution in [2.24, 2.45) is 0 Å². The molecule has 1 fully saturated rings. The Balaban J connectivity index is 1.67. The second-order valence-electron chi connectivity index (χ2n) is 5.49. The highest BCUT2D eigenvalue weighted by Gasteiger charge is 2.42. The normalized spacial score (nSPS) is 19.9. The molecule has 1 aliphatic rings. The van der Waals surface area contributed by atoms with E-state index in [0.717, 1.165) is 18.3 Å². The van der Waals surface area contributed by atoms with Crippen molar-refractivity contribution in [3.8, 4) is 0 Å². The number of hydrogen-bond donors (Lipinski definition) is 1. The van der Waals surface area contributed by atoms with Gasteiger partial charge in [0.05, 0.1) is 5.56 Å². The summed E-state index contributed by atoms with van der Waals surface area (Å²) in [5.74, 6) is -1.25. The molecule has 1 N–H and O–H groups in total. The van der Waals surface area contributed by atoms with Crippen LogP contribution in [0.2, 0.25) is 5.02 Å². The molecule has 0 unspecified atom stereocenters. The number of carbonyl (C=O) groups excluding carboxylic acids is 1. The third kappa shape index (κ3) is 3.36. The van der Waals surface area contributed by atoms with Gasteiger partial charge in [0, 0.05) is 28.7 Å². The van der Waals surface area contributed by atoms with Crippen LogP contribution in [0.3, 0.4) is 0 Å². The van der Waals surface area contributed by atoms with E-state index in [1.54, 1.807) is 6.07 Å². The number of aromatic nitrogens is 1. The fourth-order valence-electron chi connectivity index (χ4n) is 2.49. The van der Waals surface area contributed by atoms with Gasteiger partial charge in [0.15, 0.2) is 0 Å². The molecule has 2 aromatic rings. The summed E-state index contributed by atoms with van der Waals surface area (Å²) in [6.07, 6.45) is -3.18. The van der Waals surface area contributed by atoms with Crippen LogP contribution in [-0.2, 0) is 6.18 Å². The Morgan fingerprint density at radius 1 is 1.25 bits per heavy atom. The number of halogens is 5. The first-order valence-electron chi connectivity index (χ1n) is 7.05. The molecule has 24 heavy (non-hydrogen) atoms. The number of rotatable bonds is 3. The molecule has 1 aliphatic carbocycles. The smallest absolute Gasteiger partial charge is 0.349 e.